The number of benzene rings is 2. The SMILES string of the molecule is CC1(C)c2nc(C(=O)NCc3ccc(F)cc3)c(OC(=O)c3ccccc3)c(=O)n2CCN1Cc1nn[nH]n1. The molecule has 0 spiro atoms. The summed E-state index contributed by atoms with van der Waals surface area (Å²) in [6, 6.07) is 13.7. The fraction of sp³-hybridized carbons (Fsp3) is 0.269. The van der Waals surface area contributed by atoms with Gasteiger partial charge in [-0.1, -0.05) is 35.5 Å². The fourth-order valence-corrected chi connectivity index (χ4v) is 4.39. The van der Waals surface area contributed by atoms with E-state index in [4.69, 9.17) is 4.74 Å². The molecule has 1 aliphatic heterocycles. The summed E-state index contributed by atoms with van der Waals surface area (Å²) in [4.78, 5) is 46.6. The number of aromatic nitrogens is 6. The lowest BCUT2D eigenvalue weighted by atomic mass is 9.98. The van der Waals surface area contributed by atoms with Crippen molar-refractivity contribution in [2.24, 2.45) is 0 Å². The number of rotatable bonds is 7. The molecule has 0 saturated heterocycles. The van der Waals surface area contributed by atoms with Gasteiger partial charge in [0.15, 0.2) is 11.5 Å². The number of amides is 1. The topological polar surface area (TPSA) is 148 Å². The Morgan fingerprint density at radius 2 is 1.85 bits per heavy atom. The third kappa shape index (κ3) is 5.29. The van der Waals surface area contributed by atoms with Crippen molar-refractivity contribution in [3.05, 3.63) is 99.2 Å². The first-order chi connectivity index (χ1) is 18.7. The standard InChI is InChI=1S/C26H25FN8O4/c1-26(2)25-29-20(22(36)28-14-16-8-10-18(27)11-9-16)21(39-24(38)17-6-4-3-5-7-17)23(37)35(25)13-12-34(26)15-19-30-32-33-31-19/h3-11H,12-15H2,1-2H3,(H,28,36)(H,30,31,32,33). The monoisotopic (exact) mass is 532 g/mol. The van der Waals surface area contributed by atoms with Gasteiger partial charge in [0.1, 0.15) is 11.6 Å². The number of nitrogens with zero attached hydrogens (tertiary/aromatic N) is 6. The molecule has 0 fully saturated rings. The molecular weight excluding hydrogens is 507 g/mol. The van der Waals surface area contributed by atoms with Crippen molar-refractivity contribution in [2.75, 3.05) is 6.54 Å². The van der Waals surface area contributed by atoms with Crippen LogP contribution in [0.25, 0.3) is 0 Å². The van der Waals surface area contributed by atoms with Crippen molar-refractivity contribution >= 4 is 11.9 Å². The second-order valence-electron chi connectivity index (χ2n) is 9.44. The molecule has 0 atom stereocenters. The van der Waals surface area contributed by atoms with Crippen LogP contribution in [0, 0.1) is 5.82 Å². The van der Waals surface area contributed by atoms with Gasteiger partial charge in [0.25, 0.3) is 11.5 Å². The maximum absolute atomic E-state index is 13.7. The summed E-state index contributed by atoms with van der Waals surface area (Å²) in [5.74, 6) is -1.61. The third-order valence-electron chi connectivity index (χ3n) is 6.57. The zero-order chi connectivity index (χ0) is 27.6. The molecule has 3 heterocycles. The number of aromatic amines is 1. The van der Waals surface area contributed by atoms with Crippen molar-refractivity contribution < 1.29 is 18.7 Å². The Balaban J connectivity index is 1.52. The number of H-pyrrole nitrogens is 1. The van der Waals surface area contributed by atoms with Crippen LogP contribution in [0.5, 0.6) is 5.75 Å². The Morgan fingerprint density at radius 1 is 1.10 bits per heavy atom. The Labute approximate surface area is 221 Å². The molecule has 0 saturated carbocycles. The number of halogens is 1. The van der Waals surface area contributed by atoms with E-state index in [1.807, 2.05) is 18.7 Å². The van der Waals surface area contributed by atoms with Gasteiger partial charge in [0, 0.05) is 19.6 Å². The van der Waals surface area contributed by atoms with E-state index in [2.05, 4.69) is 30.9 Å². The summed E-state index contributed by atoms with van der Waals surface area (Å²) in [5, 5.41) is 16.7. The van der Waals surface area contributed by atoms with E-state index < -0.39 is 34.5 Å². The van der Waals surface area contributed by atoms with E-state index in [1.165, 1.54) is 28.8 Å². The molecule has 5 rings (SSSR count). The van der Waals surface area contributed by atoms with Gasteiger partial charge >= 0.3 is 5.97 Å². The van der Waals surface area contributed by atoms with Crippen LogP contribution in [0.1, 0.15) is 51.9 Å². The lowest BCUT2D eigenvalue weighted by molar-refractivity contribution is 0.0608. The van der Waals surface area contributed by atoms with Crippen LogP contribution < -0.4 is 15.6 Å². The minimum atomic E-state index is -0.827. The predicted molar refractivity (Wildman–Crippen MR) is 135 cm³/mol. The highest BCUT2D eigenvalue weighted by Crippen LogP contribution is 2.31. The number of carbonyl (C=O) groups excluding carboxylic acids is 2. The summed E-state index contributed by atoms with van der Waals surface area (Å²) >= 11 is 0. The molecule has 0 radical (unpaired) electrons. The summed E-state index contributed by atoms with van der Waals surface area (Å²) in [6.07, 6.45) is 0. The first-order valence-electron chi connectivity index (χ1n) is 12.2. The molecule has 200 valence electrons. The van der Waals surface area contributed by atoms with Gasteiger partial charge in [-0.2, -0.15) is 5.21 Å². The highest BCUT2D eigenvalue weighted by atomic mass is 19.1. The van der Waals surface area contributed by atoms with Crippen LogP contribution in [0.3, 0.4) is 0 Å². The van der Waals surface area contributed by atoms with Crippen LogP contribution >= 0.6 is 0 Å². The van der Waals surface area contributed by atoms with Gasteiger partial charge in [0.05, 0.1) is 17.6 Å². The molecule has 2 N–H and O–H groups in total. The molecule has 12 nitrogen and oxygen atoms in total. The van der Waals surface area contributed by atoms with E-state index >= 15 is 0 Å². The van der Waals surface area contributed by atoms with Crippen LogP contribution in [0.4, 0.5) is 4.39 Å². The summed E-state index contributed by atoms with van der Waals surface area (Å²) in [7, 11) is 0. The number of nitrogens with one attached hydrogen (secondary N) is 2. The number of esters is 1. The van der Waals surface area contributed by atoms with Gasteiger partial charge in [0.2, 0.25) is 5.75 Å². The van der Waals surface area contributed by atoms with Crippen LogP contribution in [0.15, 0.2) is 59.4 Å². The van der Waals surface area contributed by atoms with E-state index in [-0.39, 0.29) is 24.3 Å². The highest BCUT2D eigenvalue weighted by Gasteiger charge is 2.40. The quantitative estimate of drug-likeness (QED) is 0.340. The van der Waals surface area contributed by atoms with Crippen molar-refractivity contribution in [1.29, 1.82) is 0 Å². The average molecular weight is 533 g/mol. The van der Waals surface area contributed by atoms with Gasteiger partial charge in [-0.3, -0.25) is 19.1 Å². The zero-order valence-corrected chi connectivity index (χ0v) is 21.2. The van der Waals surface area contributed by atoms with Crippen molar-refractivity contribution in [3.8, 4) is 5.75 Å². The largest absolute Gasteiger partial charge is 0.414 e. The minimum absolute atomic E-state index is 0.0403. The first kappa shape index (κ1) is 25.9. The highest BCUT2D eigenvalue weighted by molar-refractivity contribution is 5.97. The molecule has 0 bridgehead atoms. The molecular formula is C26H25FN8O4. The smallest absolute Gasteiger partial charge is 0.343 e. The summed E-state index contributed by atoms with van der Waals surface area (Å²) in [5.41, 5.74) is -0.958. The second-order valence-corrected chi connectivity index (χ2v) is 9.44. The lowest BCUT2D eigenvalue weighted by Gasteiger charge is -2.42. The predicted octanol–water partition coefficient (Wildman–Crippen LogP) is 1.80. The molecule has 1 amide bonds. The number of hydrogen-bond donors (Lipinski definition) is 2. The van der Waals surface area contributed by atoms with Gasteiger partial charge < -0.3 is 10.1 Å². The normalized spacial score (nSPS) is 14.4. The van der Waals surface area contributed by atoms with Gasteiger partial charge in [-0.25, -0.2) is 14.2 Å². The molecule has 2 aromatic carbocycles. The number of fused-ring (bicyclic) bond motifs is 1. The zero-order valence-electron chi connectivity index (χ0n) is 21.2. The van der Waals surface area contributed by atoms with E-state index in [0.29, 0.717) is 30.3 Å². The maximum Gasteiger partial charge on any atom is 0.343 e. The van der Waals surface area contributed by atoms with Crippen molar-refractivity contribution in [1.82, 2.24) is 40.4 Å². The number of hydrogen-bond acceptors (Lipinski definition) is 9. The average Bonchev–Trinajstić information content (AvgIpc) is 3.45. The molecule has 2 aromatic heterocycles. The van der Waals surface area contributed by atoms with E-state index in [1.54, 1.807) is 30.3 Å². The summed E-state index contributed by atoms with van der Waals surface area (Å²) in [6.45, 7) is 4.77. The molecule has 0 unspecified atom stereocenters. The molecule has 39 heavy (non-hydrogen) atoms. The number of ether oxygens (including phenoxy) is 1. The summed E-state index contributed by atoms with van der Waals surface area (Å²) < 4.78 is 20.2. The van der Waals surface area contributed by atoms with Gasteiger partial charge in [-0.15, -0.1) is 10.2 Å². The fourth-order valence-electron chi connectivity index (χ4n) is 4.39. The molecule has 4 aromatic rings. The van der Waals surface area contributed by atoms with Gasteiger partial charge in [-0.05, 0) is 43.7 Å². The van der Waals surface area contributed by atoms with E-state index in [9.17, 15) is 18.8 Å². The third-order valence-corrected chi connectivity index (χ3v) is 6.57. The lowest BCUT2D eigenvalue weighted by Crippen LogP contribution is -2.52. The Bertz CT molecular complexity index is 1550. The van der Waals surface area contributed by atoms with Crippen LogP contribution in [-0.4, -0.2) is 53.5 Å². The molecule has 13 heteroatoms. The maximum atomic E-state index is 13.7. The minimum Gasteiger partial charge on any atom is -0.414 e. The Kier molecular flexibility index (Phi) is 6.98. The molecule has 0 aliphatic carbocycles. The van der Waals surface area contributed by atoms with Crippen molar-refractivity contribution in [3.63, 3.8) is 0 Å². The molecule has 1 aliphatic rings. The first-order valence-corrected chi connectivity index (χ1v) is 12.2. The van der Waals surface area contributed by atoms with Crippen LogP contribution in [0.2, 0.25) is 0 Å². The van der Waals surface area contributed by atoms with Crippen molar-refractivity contribution in [2.45, 2.75) is 39.0 Å². The Hall–Kier alpha value is -4.78. The Morgan fingerprint density at radius 3 is 2.54 bits per heavy atom. The van der Waals surface area contributed by atoms with E-state index in [0.717, 1.165) is 0 Å². The number of tetrazole rings is 1. The second kappa shape index (κ2) is 10.5. The van der Waals surface area contributed by atoms with Crippen LogP contribution in [-0.2, 0) is 25.2 Å². The number of carbonyl (C=O) groups is 2.